The Morgan fingerprint density at radius 1 is 0.946 bits per heavy atom. The molecule has 0 bridgehead atoms. The third kappa shape index (κ3) is 5.23. The average molecular weight is 500 g/mol. The number of rotatable bonds is 6. The quantitative estimate of drug-likeness (QED) is 0.469. The maximum atomic E-state index is 13.6. The molecule has 3 aromatic carbocycles. The fraction of sp³-hybridized carbons (Fsp3) is 0.333. The zero-order valence-corrected chi connectivity index (χ0v) is 20.7. The van der Waals surface area contributed by atoms with Gasteiger partial charge in [-0.25, -0.2) is 9.40 Å². The number of fused-ring (bicyclic) bond motifs is 1. The summed E-state index contributed by atoms with van der Waals surface area (Å²) >= 11 is 0. The Labute approximate surface area is 216 Å². The summed E-state index contributed by atoms with van der Waals surface area (Å²) in [5.41, 5.74) is 3.92. The summed E-state index contributed by atoms with van der Waals surface area (Å²) in [7, 11) is 0. The van der Waals surface area contributed by atoms with Gasteiger partial charge in [-0.05, 0) is 79.2 Å². The number of likely N-dealkylation sites (tertiary alicyclic amines) is 1. The minimum absolute atomic E-state index is 0.0266. The van der Waals surface area contributed by atoms with Crippen molar-refractivity contribution in [3.8, 4) is 11.5 Å². The minimum atomic E-state index is -0.293. The van der Waals surface area contributed by atoms with Crippen LogP contribution in [0.15, 0.2) is 77.9 Å². The van der Waals surface area contributed by atoms with Crippen LogP contribution in [0.5, 0.6) is 11.5 Å². The van der Waals surface area contributed by atoms with Crippen molar-refractivity contribution >= 4 is 11.6 Å². The lowest BCUT2D eigenvalue weighted by atomic mass is 9.90. The van der Waals surface area contributed by atoms with Crippen molar-refractivity contribution in [2.75, 3.05) is 26.4 Å². The van der Waals surface area contributed by atoms with Gasteiger partial charge in [0, 0.05) is 6.42 Å². The number of benzene rings is 3. The largest absolute Gasteiger partial charge is 0.454 e. The van der Waals surface area contributed by atoms with Crippen molar-refractivity contribution in [3.63, 3.8) is 0 Å². The normalized spacial score (nSPS) is 19.8. The molecule has 1 amide bonds. The van der Waals surface area contributed by atoms with Crippen LogP contribution >= 0.6 is 0 Å². The van der Waals surface area contributed by atoms with Gasteiger partial charge in [-0.3, -0.25) is 9.69 Å². The molecule has 1 fully saturated rings. The Kier molecular flexibility index (Phi) is 6.62. The fourth-order valence-corrected chi connectivity index (χ4v) is 5.50. The highest BCUT2D eigenvalue weighted by atomic mass is 19.1. The number of amides is 1. The molecular weight excluding hydrogens is 469 g/mol. The number of ether oxygens (including phenoxy) is 2. The first-order valence-electron chi connectivity index (χ1n) is 12.9. The van der Waals surface area contributed by atoms with Crippen molar-refractivity contribution < 1.29 is 18.7 Å². The first-order valence-corrected chi connectivity index (χ1v) is 12.9. The summed E-state index contributed by atoms with van der Waals surface area (Å²) in [5.74, 6) is 1.71. The number of halogens is 1. The van der Waals surface area contributed by atoms with Gasteiger partial charge in [-0.2, -0.15) is 5.10 Å². The second-order valence-corrected chi connectivity index (χ2v) is 10.0. The van der Waals surface area contributed by atoms with Crippen LogP contribution in [-0.2, 0) is 11.2 Å². The number of nitrogens with zero attached hydrogens (tertiary/aromatic N) is 3. The highest BCUT2D eigenvalue weighted by Gasteiger charge is 2.35. The number of carbonyl (C=O) groups is 1. The number of piperidine rings is 1. The van der Waals surface area contributed by atoms with Gasteiger partial charge in [0.05, 0.1) is 18.3 Å². The van der Waals surface area contributed by atoms with Gasteiger partial charge in [-0.15, -0.1) is 0 Å². The van der Waals surface area contributed by atoms with E-state index in [1.54, 1.807) is 17.1 Å². The van der Waals surface area contributed by atoms with Gasteiger partial charge in [0.1, 0.15) is 5.82 Å². The van der Waals surface area contributed by atoms with E-state index < -0.39 is 0 Å². The zero-order chi connectivity index (χ0) is 25.2. The summed E-state index contributed by atoms with van der Waals surface area (Å²) in [4.78, 5) is 15.8. The van der Waals surface area contributed by atoms with Crippen LogP contribution in [0.1, 0.15) is 42.0 Å². The lowest BCUT2D eigenvalue weighted by Gasteiger charge is -2.33. The van der Waals surface area contributed by atoms with Gasteiger partial charge in [0.2, 0.25) is 6.79 Å². The van der Waals surface area contributed by atoms with Crippen LogP contribution in [0, 0.1) is 11.7 Å². The van der Waals surface area contributed by atoms with Crippen molar-refractivity contribution in [1.82, 2.24) is 9.91 Å². The summed E-state index contributed by atoms with van der Waals surface area (Å²) in [6.45, 7) is 2.34. The summed E-state index contributed by atoms with van der Waals surface area (Å²) < 4.78 is 24.6. The molecule has 6 rings (SSSR count). The Morgan fingerprint density at radius 3 is 2.49 bits per heavy atom. The van der Waals surface area contributed by atoms with E-state index in [1.807, 2.05) is 18.2 Å². The Morgan fingerprint density at radius 2 is 1.70 bits per heavy atom. The molecule has 6 nitrogen and oxygen atoms in total. The number of carbonyl (C=O) groups excluding carboxylic acids is 1. The summed E-state index contributed by atoms with van der Waals surface area (Å²) in [6, 6.07) is 22.5. The highest BCUT2D eigenvalue weighted by Crippen LogP contribution is 2.39. The molecule has 7 heteroatoms. The van der Waals surface area contributed by atoms with Gasteiger partial charge < -0.3 is 9.47 Å². The SMILES string of the molecule is O=C(CN1CCC(Cc2ccccc2)CC1)N1N=C(c2ccc(F)cc2)C[C@H]1c1ccc2c(c1)OCO2. The monoisotopic (exact) mass is 499 g/mol. The number of hydrogen-bond donors (Lipinski definition) is 0. The molecule has 0 radical (unpaired) electrons. The van der Waals surface area contributed by atoms with E-state index >= 15 is 0 Å². The van der Waals surface area contributed by atoms with E-state index in [0.717, 1.165) is 49.2 Å². The van der Waals surface area contributed by atoms with Crippen molar-refractivity contribution in [2.24, 2.45) is 11.0 Å². The molecule has 0 saturated carbocycles. The molecule has 0 aromatic heterocycles. The van der Waals surface area contributed by atoms with Crippen LogP contribution < -0.4 is 9.47 Å². The molecule has 0 aliphatic carbocycles. The highest BCUT2D eigenvalue weighted by molar-refractivity contribution is 6.03. The molecule has 37 heavy (non-hydrogen) atoms. The number of hydrazone groups is 1. The van der Waals surface area contributed by atoms with Gasteiger partial charge >= 0.3 is 0 Å². The molecule has 190 valence electrons. The average Bonchev–Trinajstić information content (AvgIpc) is 3.58. The summed E-state index contributed by atoms with van der Waals surface area (Å²) in [5, 5.41) is 6.37. The van der Waals surface area contributed by atoms with Crippen LogP contribution in [0.4, 0.5) is 4.39 Å². The lowest BCUT2D eigenvalue weighted by molar-refractivity contribution is -0.134. The van der Waals surface area contributed by atoms with Gasteiger partial charge in [-0.1, -0.05) is 48.5 Å². The van der Waals surface area contributed by atoms with Crippen LogP contribution in [0.2, 0.25) is 0 Å². The maximum Gasteiger partial charge on any atom is 0.257 e. The molecule has 3 aromatic rings. The lowest BCUT2D eigenvalue weighted by Crippen LogP contribution is -2.42. The molecule has 0 unspecified atom stereocenters. The second-order valence-electron chi connectivity index (χ2n) is 10.0. The van der Waals surface area contributed by atoms with E-state index in [-0.39, 0.29) is 24.6 Å². The Balaban J connectivity index is 1.16. The smallest absolute Gasteiger partial charge is 0.257 e. The zero-order valence-electron chi connectivity index (χ0n) is 20.7. The molecular formula is C30H30FN3O3. The number of hydrogen-bond acceptors (Lipinski definition) is 5. The van der Waals surface area contributed by atoms with E-state index in [2.05, 4.69) is 35.2 Å². The van der Waals surface area contributed by atoms with Crippen molar-refractivity contribution in [3.05, 3.63) is 95.3 Å². The standard InChI is InChI=1S/C30H30FN3O3/c31-25-9-6-23(7-10-25)26-18-27(24-8-11-28-29(17-24)37-20-36-28)34(32-26)30(35)19-33-14-12-22(13-15-33)16-21-4-2-1-3-5-21/h1-11,17,22,27H,12-16,18-20H2/t27-/m0/s1. The van der Waals surface area contributed by atoms with Crippen LogP contribution in [0.3, 0.4) is 0 Å². The topological polar surface area (TPSA) is 54.4 Å². The molecule has 1 saturated heterocycles. The molecule has 3 aliphatic heterocycles. The van der Waals surface area contributed by atoms with E-state index in [0.29, 0.717) is 30.4 Å². The van der Waals surface area contributed by atoms with Crippen LogP contribution in [0.25, 0.3) is 0 Å². The first-order chi connectivity index (χ1) is 18.1. The first kappa shape index (κ1) is 23.7. The van der Waals surface area contributed by atoms with E-state index in [4.69, 9.17) is 14.6 Å². The Hall–Kier alpha value is -3.71. The van der Waals surface area contributed by atoms with Crippen molar-refractivity contribution in [2.45, 2.75) is 31.7 Å². The fourth-order valence-electron chi connectivity index (χ4n) is 5.50. The molecule has 0 spiro atoms. The van der Waals surface area contributed by atoms with Gasteiger partial charge in [0.25, 0.3) is 5.91 Å². The molecule has 3 heterocycles. The third-order valence-corrected chi connectivity index (χ3v) is 7.56. The van der Waals surface area contributed by atoms with Crippen LogP contribution in [-0.4, -0.2) is 48.0 Å². The van der Waals surface area contributed by atoms with E-state index in [1.165, 1.54) is 17.7 Å². The maximum absolute atomic E-state index is 13.6. The third-order valence-electron chi connectivity index (χ3n) is 7.56. The molecule has 0 N–H and O–H groups in total. The molecule has 3 aliphatic rings. The predicted molar refractivity (Wildman–Crippen MR) is 139 cm³/mol. The summed E-state index contributed by atoms with van der Waals surface area (Å²) in [6.07, 6.45) is 3.80. The van der Waals surface area contributed by atoms with E-state index in [9.17, 15) is 9.18 Å². The van der Waals surface area contributed by atoms with Gasteiger partial charge in [0.15, 0.2) is 11.5 Å². The minimum Gasteiger partial charge on any atom is -0.454 e. The second kappa shape index (κ2) is 10.3. The Bertz CT molecular complexity index is 1290. The predicted octanol–water partition coefficient (Wildman–Crippen LogP) is 5.19. The molecule has 1 atom stereocenters. The van der Waals surface area contributed by atoms with Crippen molar-refractivity contribution in [1.29, 1.82) is 0 Å².